The fourth-order valence-corrected chi connectivity index (χ4v) is 3.67. The van der Waals surface area contributed by atoms with Gasteiger partial charge in [-0.3, -0.25) is 4.79 Å². The highest BCUT2D eigenvalue weighted by Crippen LogP contribution is 2.30. The number of carbonyl (C=O) groups excluding carboxylic acids is 1. The van der Waals surface area contributed by atoms with Gasteiger partial charge in [-0.15, -0.1) is 0 Å². The first-order valence-corrected chi connectivity index (χ1v) is 11.2. The number of benzene rings is 3. The lowest BCUT2D eigenvalue weighted by Crippen LogP contribution is -2.25. The van der Waals surface area contributed by atoms with Crippen LogP contribution in [-0.4, -0.2) is 30.8 Å². The number of fused-ring (bicyclic) bond motifs is 1. The molecule has 4 rings (SSSR count). The quantitative estimate of drug-likeness (QED) is 0.365. The molecule has 0 unspecified atom stereocenters. The van der Waals surface area contributed by atoms with E-state index in [2.05, 4.69) is 10.5 Å². The monoisotopic (exact) mass is 444 g/mol. The van der Waals surface area contributed by atoms with Gasteiger partial charge in [-0.1, -0.05) is 41.1 Å². The van der Waals surface area contributed by atoms with E-state index >= 15 is 0 Å². The Morgan fingerprint density at radius 1 is 0.939 bits per heavy atom. The number of ether oxygens (including phenoxy) is 2. The Bertz CT molecular complexity index is 1240. The fraction of sp³-hybridized carbons (Fsp3) is 0.259. The molecule has 0 aliphatic carbocycles. The number of rotatable bonds is 9. The molecule has 170 valence electrons. The zero-order valence-electron chi connectivity index (χ0n) is 19.2. The molecule has 0 saturated heterocycles. The molecule has 3 aromatic carbocycles. The lowest BCUT2D eigenvalue weighted by atomic mass is 10.0. The molecule has 6 nitrogen and oxygen atoms in total. The van der Waals surface area contributed by atoms with Crippen LogP contribution < -0.4 is 14.8 Å². The maximum Gasteiger partial charge on any atom is 0.251 e. The Morgan fingerprint density at radius 3 is 2.45 bits per heavy atom. The van der Waals surface area contributed by atoms with Crippen LogP contribution in [0.3, 0.4) is 0 Å². The van der Waals surface area contributed by atoms with Gasteiger partial charge >= 0.3 is 0 Å². The van der Waals surface area contributed by atoms with Crippen molar-refractivity contribution >= 4 is 16.8 Å². The SMILES string of the molecule is CCOc1ccc(CCNC(=O)c2ccc3noc(-c4ccc(C)cc4)c3c2)cc1OCC. The van der Waals surface area contributed by atoms with Gasteiger partial charge in [0.25, 0.3) is 5.91 Å². The van der Waals surface area contributed by atoms with E-state index in [0.29, 0.717) is 37.5 Å². The summed E-state index contributed by atoms with van der Waals surface area (Å²) < 4.78 is 16.9. The standard InChI is InChI=1S/C27H28N2O4/c1-4-31-24-13-8-19(16-25(24)32-5-2)14-15-28-27(30)21-11-12-23-22(17-21)26(33-29-23)20-9-6-18(3)7-10-20/h6-13,16-17H,4-5,14-15H2,1-3H3,(H,28,30). The molecule has 33 heavy (non-hydrogen) atoms. The van der Waals surface area contributed by atoms with Crippen molar-refractivity contribution in [3.8, 4) is 22.8 Å². The first-order valence-electron chi connectivity index (χ1n) is 11.2. The molecule has 0 spiro atoms. The van der Waals surface area contributed by atoms with E-state index in [1.54, 1.807) is 6.07 Å². The molecule has 0 atom stereocenters. The second-order valence-electron chi connectivity index (χ2n) is 7.76. The summed E-state index contributed by atoms with van der Waals surface area (Å²) in [5.41, 5.74) is 4.46. The Labute approximate surface area is 193 Å². The number of nitrogens with one attached hydrogen (secondary N) is 1. The third-order valence-electron chi connectivity index (χ3n) is 5.36. The van der Waals surface area contributed by atoms with E-state index in [-0.39, 0.29) is 5.91 Å². The molecule has 1 aromatic heterocycles. The van der Waals surface area contributed by atoms with E-state index in [4.69, 9.17) is 14.0 Å². The average Bonchev–Trinajstić information content (AvgIpc) is 3.25. The van der Waals surface area contributed by atoms with E-state index < -0.39 is 0 Å². The summed E-state index contributed by atoms with van der Waals surface area (Å²) in [7, 11) is 0. The highest BCUT2D eigenvalue weighted by Gasteiger charge is 2.14. The maximum absolute atomic E-state index is 12.8. The molecule has 1 N–H and O–H groups in total. The summed E-state index contributed by atoms with van der Waals surface area (Å²) in [5.74, 6) is 1.99. The van der Waals surface area contributed by atoms with Crippen molar-refractivity contribution in [1.82, 2.24) is 10.5 Å². The van der Waals surface area contributed by atoms with Crippen molar-refractivity contribution in [3.05, 3.63) is 77.4 Å². The minimum Gasteiger partial charge on any atom is -0.490 e. The second kappa shape index (κ2) is 10.2. The number of amides is 1. The minimum atomic E-state index is -0.135. The molecule has 1 amide bonds. The van der Waals surface area contributed by atoms with Crippen LogP contribution in [0.2, 0.25) is 0 Å². The Balaban J connectivity index is 1.44. The Hall–Kier alpha value is -3.80. The van der Waals surface area contributed by atoms with Crippen LogP contribution in [0.25, 0.3) is 22.2 Å². The molecule has 0 aliphatic heterocycles. The molecular weight excluding hydrogens is 416 g/mol. The number of hydrogen-bond acceptors (Lipinski definition) is 5. The van der Waals surface area contributed by atoms with Crippen molar-refractivity contribution in [2.45, 2.75) is 27.2 Å². The van der Waals surface area contributed by atoms with Gasteiger partial charge < -0.3 is 19.3 Å². The van der Waals surface area contributed by atoms with Crippen molar-refractivity contribution in [2.24, 2.45) is 0 Å². The van der Waals surface area contributed by atoms with E-state index in [9.17, 15) is 4.79 Å². The first-order chi connectivity index (χ1) is 16.1. The largest absolute Gasteiger partial charge is 0.490 e. The van der Waals surface area contributed by atoms with Gasteiger partial charge in [0.05, 0.1) is 18.6 Å². The molecule has 0 saturated carbocycles. The molecular formula is C27H28N2O4. The zero-order chi connectivity index (χ0) is 23.2. The van der Waals surface area contributed by atoms with E-state index in [1.165, 1.54) is 5.56 Å². The summed E-state index contributed by atoms with van der Waals surface area (Å²) in [4.78, 5) is 12.8. The number of aromatic nitrogens is 1. The van der Waals surface area contributed by atoms with Gasteiger partial charge in [0.15, 0.2) is 17.3 Å². The van der Waals surface area contributed by atoms with Crippen molar-refractivity contribution in [2.75, 3.05) is 19.8 Å². The first kappa shape index (κ1) is 22.4. The van der Waals surface area contributed by atoms with Crippen LogP contribution in [-0.2, 0) is 6.42 Å². The van der Waals surface area contributed by atoms with Crippen LogP contribution in [0.4, 0.5) is 0 Å². The summed E-state index contributed by atoms with van der Waals surface area (Å²) in [5, 5.41) is 7.95. The van der Waals surface area contributed by atoms with Crippen molar-refractivity contribution < 1.29 is 18.8 Å². The van der Waals surface area contributed by atoms with Gasteiger partial charge in [-0.2, -0.15) is 0 Å². The fourth-order valence-electron chi connectivity index (χ4n) is 3.67. The smallest absolute Gasteiger partial charge is 0.251 e. The molecule has 0 aliphatic rings. The Kier molecular flexibility index (Phi) is 6.93. The number of aryl methyl sites for hydroxylation is 1. The second-order valence-corrected chi connectivity index (χ2v) is 7.76. The molecule has 4 aromatic rings. The molecule has 6 heteroatoms. The van der Waals surface area contributed by atoms with Gasteiger partial charge in [-0.25, -0.2) is 0 Å². The van der Waals surface area contributed by atoms with Crippen LogP contribution in [0.1, 0.15) is 35.3 Å². The minimum absolute atomic E-state index is 0.135. The number of nitrogens with zero attached hydrogens (tertiary/aromatic N) is 1. The van der Waals surface area contributed by atoms with Gasteiger partial charge in [0, 0.05) is 17.7 Å². The predicted molar refractivity (Wildman–Crippen MR) is 129 cm³/mol. The van der Waals surface area contributed by atoms with Gasteiger partial charge in [-0.05, 0) is 63.1 Å². The predicted octanol–water partition coefficient (Wildman–Crippen LogP) is 5.57. The molecule has 0 fully saturated rings. The van der Waals surface area contributed by atoms with Crippen LogP contribution >= 0.6 is 0 Å². The van der Waals surface area contributed by atoms with Gasteiger partial charge in [0.2, 0.25) is 0 Å². The molecule has 0 radical (unpaired) electrons. The summed E-state index contributed by atoms with van der Waals surface area (Å²) in [6.07, 6.45) is 0.683. The molecule has 1 heterocycles. The van der Waals surface area contributed by atoms with Crippen molar-refractivity contribution in [3.63, 3.8) is 0 Å². The lowest BCUT2D eigenvalue weighted by Gasteiger charge is -2.12. The highest BCUT2D eigenvalue weighted by molar-refractivity contribution is 6.01. The van der Waals surface area contributed by atoms with Crippen LogP contribution in [0, 0.1) is 6.92 Å². The lowest BCUT2D eigenvalue weighted by molar-refractivity contribution is 0.0954. The highest BCUT2D eigenvalue weighted by atomic mass is 16.5. The van der Waals surface area contributed by atoms with Crippen molar-refractivity contribution in [1.29, 1.82) is 0 Å². The van der Waals surface area contributed by atoms with E-state index in [1.807, 2.05) is 75.4 Å². The molecule has 0 bridgehead atoms. The maximum atomic E-state index is 12.8. The van der Waals surface area contributed by atoms with Gasteiger partial charge in [0.1, 0.15) is 5.52 Å². The average molecular weight is 445 g/mol. The normalized spacial score (nSPS) is 10.9. The number of carbonyl (C=O) groups is 1. The third-order valence-corrected chi connectivity index (χ3v) is 5.36. The topological polar surface area (TPSA) is 73.6 Å². The third kappa shape index (κ3) is 5.17. The van der Waals surface area contributed by atoms with E-state index in [0.717, 1.165) is 33.5 Å². The summed E-state index contributed by atoms with van der Waals surface area (Å²) in [6, 6.07) is 19.3. The van der Waals surface area contributed by atoms with Crippen LogP contribution in [0.5, 0.6) is 11.5 Å². The number of hydrogen-bond donors (Lipinski definition) is 1. The summed E-state index contributed by atoms with van der Waals surface area (Å²) >= 11 is 0. The van der Waals surface area contributed by atoms with Crippen LogP contribution in [0.15, 0.2) is 65.2 Å². The zero-order valence-corrected chi connectivity index (χ0v) is 19.2. The Morgan fingerprint density at radius 2 is 1.70 bits per heavy atom. The summed E-state index contributed by atoms with van der Waals surface area (Å²) in [6.45, 7) is 7.58.